The monoisotopic (exact) mass is 1180 g/mol. The van der Waals surface area contributed by atoms with Gasteiger partial charge in [0.1, 0.15) is 54.1 Å². The number of aromatic hydroxyl groups is 1. The van der Waals surface area contributed by atoms with Gasteiger partial charge in [-0.2, -0.15) is 0 Å². The smallest absolute Gasteiger partial charge is 0.326 e. The number of likely N-dealkylation sites (tertiary alicyclic amines) is 1. The van der Waals surface area contributed by atoms with Crippen LogP contribution in [0.4, 0.5) is 0 Å². The van der Waals surface area contributed by atoms with E-state index in [0.29, 0.717) is 41.8 Å². The Hall–Kier alpha value is -8.88. The number of aliphatic carboxylic acids is 1. The normalized spacial score (nSPS) is 16.2. The fraction of sp³-hybridized carbons (Fsp3) is 0.517. The molecule has 0 saturated carbocycles. The minimum atomic E-state index is -1.35. The molecular weight excluding hydrogens is 1100 g/mol. The van der Waals surface area contributed by atoms with Gasteiger partial charge in [0.25, 0.3) is 0 Å². The molecule has 1 aliphatic heterocycles. The van der Waals surface area contributed by atoms with E-state index in [2.05, 4.69) is 62.1 Å². The van der Waals surface area contributed by atoms with Crippen LogP contribution < -0.4 is 54.4 Å². The number of carboxylic acid groups (broad SMARTS) is 1. The lowest BCUT2D eigenvalue weighted by Crippen LogP contribution is -2.62. The first-order valence-electron chi connectivity index (χ1n) is 28.7. The van der Waals surface area contributed by atoms with E-state index in [0.717, 1.165) is 0 Å². The first kappa shape index (κ1) is 66.9. The largest absolute Gasteiger partial charge is 0.508 e. The Kier molecular flexibility index (Phi) is 25.8. The molecule has 4 aromatic rings. The van der Waals surface area contributed by atoms with E-state index in [4.69, 9.17) is 17.2 Å². The number of carbonyl (C=O) groups is 9. The third kappa shape index (κ3) is 21.1. The van der Waals surface area contributed by atoms with Crippen LogP contribution in [0.3, 0.4) is 0 Å². The standard InChI is InChI=1S/C58H84N16O11/c1-7-34(6)48(73-52(79)42(25-36-17-19-39(75)20-18-36)69-54(81)47(33(4)5)72-49(76)40(59)15-11-21-64-58(60)61)55(82)70-44(27-38-29-63-31-66-38)56(83)74-22-12-16-46(74)53(80)68-41(24-35-13-9-8-10-14-35)50(77)67-43(26-37-28-62-30-65-37)51(78)71-45(57(84)85)23-32(2)3/h8-10,13-14,17-20,28-34,40-48,75H,7,11-12,15-16,21-27,59H2,1-6H3,(H,62,65)(H,63,66)(H,67,77)(H,68,80)(H,69,81)(H,70,82)(H,71,78)(H,72,76)(H,73,79)(H,84,85)(H4,60,61,64)/t34-,40-,41-,42-,43-,44+,45-,46-,47-,48-/m0/s1. The van der Waals surface area contributed by atoms with Crippen molar-refractivity contribution in [3.8, 4) is 5.75 Å². The zero-order chi connectivity index (χ0) is 62.3. The molecule has 0 aliphatic carbocycles. The lowest BCUT2D eigenvalue weighted by molar-refractivity contribution is -0.143. The number of nitrogens with one attached hydrogen (secondary N) is 9. The maximum absolute atomic E-state index is 15.0. The Balaban J connectivity index is 1.38. The second-order valence-electron chi connectivity index (χ2n) is 22.2. The van der Waals surface area contributed by atoms with E-state index in [-0.39, 0.29) is 75.7 Å². The molecule has 0 spiro atoms. The average molecular weight is 1180 g/mol. The van der Waals surface area contributed by atoms with Crippen LogP contribution in [0.5, 0.6) is 5.75 Å². The predicted octanol–water partition coefficient (Wildman–Crippen LogP) is -0.293. The van der Waals surface area contributed by atoms with Gasteiger partial charge in [-0.1, -0.05) is 90.4 Å². The van der Waals surface area contributed by atoms with E-state index in [1.807, 2.05) is 13.8 Å². The lowest BCUT2D eigenvalue weighted by atomic mass is 9.96. The molecule has 2 aromatic heterocycles. The van der Waals surface area contributed by atoms with E-state index in [1.165, 1.54) is 42.1 Å². The van der Waals surface area contributed by atoms with Crippen LogP contribution in [-0.4, -0.2) is 162 Å². The van der Waals surface area contributed by atoms with Crippen molar-refractivity contribution in [1.29, 1.82) is 0 Å². The number of aromatic nitrogens is 4. The van der Waals surface area contributed by atoms with Crippen molar-refractivity contribution in [2.45, 2.75) is 160 Å². The summed E-state index contributed by atoms with van der Waals surface area (Å²) in [5, 5.41) is 39.2. The average Bonchev–Trinajstić information content (AvgIpc) is 4.49. The van der Waals surface area contributed by atoms with Crippen molar-refractivity contribution in [3.63, 3.8) is 0 Å². The minimum absolute atomic E-state index is 0.0415. The van der Waals surface area contributed by atoms with Crippen LogP contribution >= 0.6 is 0 Å². The number of phenols is 1. The molecule has 8 amide bonds. The topological polar surface area (TPSA) is 429 Å². The molecule has 1 aliphatic rings. The van der Waals surface area contributed by atoms with E-state index in [1.54, 1.807) is 70.2 Å². The van der Waals surface area contributed by atoms with Gasteiger partial charge in [-0.25, -0.2) is 14.8 Å². The highest BCUT2D eigenvalue weighted by Gasteiger charge is 2.41. The van der Waals surface area contributed by atoms with Gasteiger partial charge >= 0.3 is 5.97 Å². The van der Waals surface area contributed by atoms with Gasteiger partial charge in [-0.15, -0.1) is 0 Å². The van der Waals surface area contributed by atoms with Gasteiger partial charge < -0.3 is 79.5 Å². The Labute approximate surface area is 494 Å². The van der Waals surface area contributed by atoms with Crippen molar-refractivity contribution in [2.24, 2.45) is 39.9 Å². The lowest BCUT2D eigenvalue weighted by Gasteiger charge is -2.32. The van der Waals surface area contributed by atoms with Crippen LogP contribution in [0.25, 0.3) is 0 Å². The molecule has 27 nitrogen and oxygen atoms in total. The quantitative estimate of drug-likeness (QED) is 0.0166. The predicted molar refractivity (Wildman–Crippen MR) is 314 cm³/mol. The van der Waals surface area contributed by atoms with Crippen LogP contribution in [0.1, 0.15) is 103 Å². The maximum atomic E-state index is 15.0. The fourth-order valence-electron chi connectivity index (χ4n) is 9.71. The zero-order valence-electron chi connectivity index (χ0n) is 49.0. The number of aliphatic imine (C=N–C) groups is 1. The molecule has 2 aromatic carbocycles. The number of aromatic amines is 2. The summed E-state index contributed by atoms with van der Waals surface area (Å²) in [5.74, 6) is -8.30. The first-order chi connectivity index (χ1) is 40.4. The molecule has 0 unspecified atom stereocenters. The molecular formula is C58H84N16O11. The highest BCUT2D eigenvalue weighted by Crippen LogP contribution is 2.22. The molecule has 10 atom stereocenters. The number of imidazole rings is 2. The third-order valence-electron chi connectivity index (χ3n) is 14.6. The zero-order valence-corrected chi connectivity index (χ0v) is 49.0. The number of hydrogen-bond acceptors (Lipinski definition) is 14. The van der Waals surface area contributed by atoms with Crippen molar-refractivity contribution in [3.05, 3.63) is 102 Å². The molecule has 0 bridgehead atoms. The van der Waals surface area contributed by atoms with Crippen molar-refractivity contribution in [1.82, 2.24) is 62.1 Å². The molecule has 17 N–H and O–H groups in total. The van der Waals surface area contributed by atoms with E-state index in [9.17, 15) is 53.4 Å². The SMILES string of the molecule is CC[C@H](C)[C@H](NC(=O)[C@H](Cc1ccc(O)cc1)NC(=O)[C@@H](NC(=O)[C@@H](N)CCCN=C(N)N)C(C)C)C(=O)N[C@H](Cc1cnc[nH]1)C(=O)N1CCC[C@H]1C(=O)N[C@@H](Cc1ccccc1)C(=O)N[C@@H](Cc1cnc[nH]1)C(=O)N[C@@H](CC(C)C)C(=O)O. The number of H-pyrrole nitrogens is 2. The summed E-state index contributed by atoms with van der Waals surface area (Å²) in [6.07, 6.45) is 6.94. The number of nitrogens with zero attached hydrogens (tertiary/aromatic N) is 4. The van der Waals surface area contributed by atoms with Crippen LogP contribution in [0.15, 0.2) is 84.6 Å². The number of carboxylic acids is 1. The van der Waals surface area contributed by atoms with Crippen molar-refractivity contribution in [2.75, 3.05) is 13.1 Å². The minimum Gasteiger partial charge on any atom is -0.508 e. The fourth-order valence-corrected chi connectivity index (χ4v) is 9.71. The second-order valence-corrected chi connectivity index (χ2v) is 22.2. The highest BCUT2D eigenvalue weighted by atomic mass is 16.4. The molecule has 85 heavy (non-hydrogen) atoms. The molecule has 462 valence electrons. The summed E-state index contributed by atoms with van der Waals surface area (Å²) in [6.45, 7) is 10.9. The van der Waals surface area contributed by atoms with Crippen LogP contribution in [-0.2, 0) is 68.8 Å². The van der Waals surface area contributed by atoms with Crippen LogP contribution in [0.2, 0.25) is 0 Å². The molecule has 1 saturated heterocycles. The number of guanidine groups is 1. The number of rotatable bonds is 33. The van der Waals surface area contributed by atoms with Crippen molar-refractivity contribution < 1.29 is 53.4 Å². The summed E-state index contributed by atoms with van der Waals surface area (Å²) >= 11 is 0. The van der Waals surface area contributed by atoms with E-state index >= 15 is 0 Å². The van der Waals surface area contributed by atoms with Gasteiger partial charge in [0, 0.05) is 62.6 Å². The summed E-state index contributed by atoms with van der Waals surface area (Å²) in [7, 11) is 0. The molecule has 1 fully saturated rings. The Bertz CT molecular complexity index is 2870. The number of amides is 8. The van der Waals surface area contributed by atoms with Gasteiger partial charge in [-0.05, 0) is 73.1 Å². The highest BCUT2D eigenvalue weighted by molar-refractivity contribution is 5.98. The van der Waals surface area contributed by atoms with Crippen LogP contribution in [0, 0.1) is 17.8 Å². The Morgan fingerprint density at radius 1 is 0.659 bits per heavy atom. The number of carbonyl (C=O) groups excluding carboxylic acids is 8. The van der Waals surface area contributed by atoms with Gasteiger partial charge in [0.05, 0.1) is 18.7 Å². The Morgan fingerprint density at radius 3 is 1.73 bits per heavy atom. The van der Waals surface area contributed by atoms with E-state index < -0.39 is 119 Å². The molecule has 27 heteroatoms. The summed E-state index contributed by atoms with van der Waals surface area (Å²) in [5.41, 5.74) is 19.1. The number of phenolic OH excluding ortho intramolecular Hbond substituents is 1. The summed E-state index contributed by atoms with van der Waals surface area (Å²) in [6, 6.07) is 3.56. The number of nitrogens with two attached hydrogens (primary N) is 3. The van der Waals surface area contributed by atoms with Crippen molar-refractivity contribution >= 4 is 59.2 Å². The van der Waals surface area contributed by atoms with Gasteiger partial charge in [-0.3, -0.25) is 43.3 Å². The Morgan fingerprint density at radius 2 is 1.18 bits per heavy atom. The first-order valence-corrected chi connectivity index (χ1v) is 28.7. The maximum Gasteiger partial charge on any atom is 0.326 e. The van der Waals surface area contributed by atoms with Gasteiger partial charge in [0.2, 0.25) is 47.3 Å². The molecule has 5 rings (SSSR count). The number of benzene rings is 2. The molecule has 0 radical (unpaired) electrons. The molecule has 3 heterocycles. The third-order valence-corrected chi connectivity index (χ3v) is 14.6. The summed E-state index contributed by atoms with van der Waals surface area (Å²) < 4.78 is 0. The van der Waals surface area contributed by atoms with Gasteiger partial charge in [0.15, 0.2) is 5.96 Å². The number of hydrogen-bond donors (Lipinski definition) is 14. The summed E-state index contributed by atoms with van der Waals surface area (Å²) in [4.78, 5) is 146. The second kappa shape index (κ2) is 32.8.